The van der Waals surface area contributed by atoms with Crippen molar-refractivity contribution in [1.29, 1.82) is 0 Å². The lowest BCUT2D eigenvalue weighted by molar-refractivity contribution is -0.383. The third-order valence-corrected chi connectivity index (χ3v) is 7.35. The molecule has 1 aliphatic carbocycles. The van der Waals surface area contributed by atoms with E-state index in [1.807, 2.05) is 0 Å². The molecule has 0 unspecified atom stereocenters. The van der Waals surface area contributed by atoms with E-state index in [9.17, 15) is 29.3 Å². The molecule has 0 bridgehead atoms. The first-order valence-electron chi connectivity index (χ1n) is 11.2. The number of imide groups is 1. The van der Waals surface area contributed by atoms with Crippen LogP contribution in [-0.2, 0) is 19.1 Å². The normalized spacial score (nSPS) is 22.8. The molecule has 194 valence electrons. The number of nitrogens with one attached hydrogen (secondary N) is 1. The third kappa shape index (κ3) is 5.37. The van der Waals surface area contributed by atoms with Crippen molar-refractivity contribution in [2.24, 2.45) is 11.8 Å². The number of nitro groups is 1. The van der Waals surface area contributed by atoms with E-state index in [0.29, 0.717) is 0 Å². The summed E-state index contributed by atoms with van der Waals surface area (Å²) in [4.78, 5) is 62.4. The summed E-state index contributed by atoms with van der Waals surface area (Å²) in [6.45, 7) is -0.739. The van der Waals surface area contributed by atoms with E-state index >= 15 is 0 Å². The Bertz CT molecular complexity index is 1260. The molecule has 2 aromatic carbocycles. The summed E-state index contributed by atoms with van der Waals surface area (Å²) in [6.07, 6.45) is 0.563. The van der Waals surface area contributed by atoms with E-state index in [2.05, 4.69) is 5.32 Å². The highest BCUT2D eigenvalue weighted by Crippen LogP contribution is 2.43. The number of amides is 3. The molecular weight excluding hydrogens is 529 g/mol. The monoisotopic (exact) mass is 549 g/mol. The number of carbonyl (C=O) groups excluding carboxylic acids is 4. The standard InChI is InChI=1S/C24H21Cl2N3O8/c1-36-14-5-6-20(29(34)35)19(8-14)27-21(30)11-37-24(33)12-3-2-4-13(7-12)28-22(31)15-9-17(25)18(26)10-16(15)23(28)32/h2-8,15-18H,9-11H2,1H3,(H,27,30)/t15-,16+,17-,18-/m0/s1. The summed E-state index contributed by atoms with van der Waals surface area (Å²) >= 11 is 12.4. The fourth-order valence-electron chi connectivity index (χ4n) is 4.42. The molecule has 1 saturated carbocycles. The van der Waals surface area contributed by atoms with Gasteiger partial charge >= 0.3 is 5.97 Å². The van der Waals surface area contributed by atoms with Crippen molar-refractivity contribution in [2.45, 2.75) is 23.6 Å². The van der Waals surface area contributed by atoms with Crippen LogP contribution in [0.2, 0.25) is 0 Å². The Balaban J connectivity index is 1.43. The molecule has 1 N–H and O–H groups in total. The van der Waals surface area contributed by atoms with E-state index in [1.165, 1.54) is 49.6 Å². The smallest absolute Gasteiger partial charge is 0.338 e. The highest BCUT2D eigenvalue weighted by atomic mass is 35.5. The van der Waals surface area contributed by atoms with Crippen molar-refractivity contribution in [1.82, 2.24) is 0 Å². The Morgan fingerprint density at radius 2 is 1.73 bits per heavy atom. The lowest BCUT2D eigenvalue weighted by atomic mass is 9.80. The Hall–Kier alpha value is -3.70. The number of ether oxygens (including phenoxy) is 2. The van der Waals surface area contributed by atoms with Crippen LogP contribution in [0.15, 0.2) is 42.5 Å². The fourth-order valence-corrected chi connectivity index (χ4v) is 5.01. The lowest BCUT2D eigenvalue weighted by Crippen LogP contribution is -2.34. The van der Waals surface area contributed by atoms with Crippen LogP contribution in [0.4, 0.5) is 17.1 Å². The number of methoxy groups -OCH3 is 1. The number of nitrogens with zero attached hydrogens (tertiary/aromatic N) is 2. The van der Waals surface area contributed by atoms with Crippen molar-refractivity contribution in [3.05, 3.63) is 58.1 Å². The predicted molar refractivity (Wildman–Crippen MR) is 133 cm³/mol. The van der Waals surface area contributed by atoms with Gasteiger partial charge in [0.15, 0.2) is 6.61 Å². The van der Waals surface area contributed by atoms with Gasteiger partial charge < -0.3 is 14.8 Å². The molecule has 0 aromatic heterocycles. The minimum atomic E-state index is -0.893. The SMILES string of the molecule is COc1ccc([N+](=O)[O-])c(NC(=O)COC(=O)c2cccc(N3C(=O)[C@H]4C[C@H](Cl)[C@@H](Cl)C[C@H]4C3=O)c2)c1. The number of fused-ring (bicyclic) bond motifs is 1. The van der Waals surface area contributed by atoms with Gasteiger partial charge in [-0.1, -0.05) is 6.07 Å². The number of esters is 1. The minimum Gasteiger partial charge on any atom is -0.497 e. The van der Waals surface area contributed by atoms with E-state index in [1.54, 1.807) is 0 Å². The van der Waals surface area contributed by atoms with Gasteiger partial charge in [-0.3, -0.25) is 29.4 Å². The summed E-state index contributed by atoms with van der Waals surface area (Å²) in [5.74, 6) is -3.40. The van der Waals surface area contributed by atoms with Gasteiger partial charge in [0, 0.05) is 12.1 Å². The largest absolute Gasteiger partial charge is 0.497 e. The molecule has 0 radical (unpaired) electrons. The van der Waals surface area contributed by atoms with Crippen LogP contribution >= 0.6 is 23.2 Å². The first-order valence-corrected chi connectivity index (χ1v) is 12.0. The molecule has 2 fully saturated rings. The van der Waals surface area contributed by atoms with Crippen molar-refractivity contribution in [2.75, 3.05) is 23.9 Å². The molecule has 1 heterocycles. The zero-order chi connectivity index (χ0) is 26.9. The molecule has 13 heteroatoms. The van der Waals surface area contributed by atoms with Gasteiger partial charge in [0.05, 0.1) is 45.9 Å². The van der Waals surface area contributed by atoms with Crippen molar-refractivity contribution >= 4 is 64.0 Å². The van der Waals surface area contributed by atoms with Crippen molar-refractivity contribution in [3.63, 3.8) is 0 Å². The molecule has 0 spiro atoms. The first-order chi connectivity index (χ1) is 17.6. The number of alkyl halides is 2. The summed E-state index contributed by atoms with van der Waals surface area (Å²) in [6, 6.07) is 9.51. The number of nitro benzene ring substituents is 1. The van der Waals surface area contributed by atoms with Crippen LogP contribution < -0.4 is 15.0 Å². The van der Waals surface area contributed by atoms with Gasteiger partial charge in [-0.15, -0.1) is 23.2 Å². The second-order valence-corrected chi connectivity index (χ2v) is 9.66. The summed E-state index contributed by atoms with van der Waals surface area (Å²) in [5.41, 5.74) is -0.306. The van der Waals surface area contributed by atoms with Crippen LogP contribution in [0.5, 0.6) is 5.75 Å². The number of hydrogen-bond donors (Lipinski definition) is 1. The second kappa shape index (κ2) is 10.7. The van der Waals surface area contributed by atoms with Gasteiger partial charge in [0.1, 0.15) is 11.4 Å². The number of carbonyl (C=O) groups is 4. The van der Waals surface area contributed by atoms with Gasteiger partial charge in [0.2, 0.25) is 11.8 Å². The highest BCUT2D eigenvalue weighted by Gasteiger charge is 2.52. The van der Waals surface area contributed by atoms with Crippen LogP contribution in [0.25, 0.3) is 0 Å². The number of rotatable bonds is 7. The van der Waals surface area contributed by atoms with Gasteiger partial charge in [-0.2, -0.15) is 0 Å². The summed E-state index contributed by atoms with van der Waals surface area (Å²) < 4.78 is 10.1. The third-order valence-electron chi connectivity index (χ3n) is 6.26. The molecule has 37 heavy (non-hydrogen) atoms. The topological polar surface area (TPSA) is 145 Å². The average molecular weight is 550 g/mol. The van der Waals surface area contributed by atoms with Gasteiger partial charge in [-0.25, -0.2) is 4.79 Å². The number of halogens is 2. The van der Waals surface area contributed by atoms with E-state index < -0.39 is 57.8 Å². The van der Waals surface area contributed by atoms with Gasteiger partial charge in [0.25, 0.3) is 11.6 Å². The first kappa shape index (κ1) is 26.4. The number of benzene rings is 2. The zero-order valence-corrected chi connectivity index (χ0v) is 20.9. The maximum atomic E-state index is 13.0. The fraction of sp³-hybridized carbons (Fsp3) is 0.333. The van der Waals surface area contributed by atoms with E-state index in [-0.39, 0.29) is 41.2 Å². The minimum absolute atomic E-state index is 0.00132. The zero-order valence-electron chi connectivity index (χ0n) is 19.4. The maximum Gasteiger partial charge on any atom is 0.338 e. The Morgan fingerprint density at radius 3 is 2.32 bits per heavy atom. The molecule has 3 amide bonds. The molecule has 2 aliphatic rings. The van der Waals surface area contributed by atoms with E-state index in [0.717, 1.165) is 4.90 Å². The molecule has 11 nitrogen and oxygen atoms in total. The molecule has 2 aromatic rings. The molecule has 1 aliphatic heterocycles. The highest BCUT2D eigenvalue weighted by molar-refractivity contribution is 6.31. The summed E-state index contributed by atoms with van der Waals surface area (Å²) in [7, 11) is 1.36. The number of anilines is 2. The molecular formula is C24H21Cl2N3O8. The Labute approximate surface area is 220 Å². The van der Waals surface area contributed by atoms with E-state index in [4.69, 9.17) is 32.7 Å². The number of hydrogen-bond acceptors (Lipinski definition) is 8. The summed E-state index contributed by atoms with van der Waals surface area (Å²) in [5, 5.41) is 12.7. The van der Waals surface area contributed by atoms with Gasteiger partial charge in [-0.05, 0) is 37.1 Å². The van der Waals surface area contributed by atoms with Crippen molar-refractivity contribution < 1.29 is 33.6 Å². The second-order valence-electron chi connectivity index (χ2n) is 8.54. The lowest BCUT2D eigenvalue weighted by Gasteiger charge is -2.28. The van der Waals surface area contributed by atoms with Crippen molar-refractivity contribution in [3.8, 4) is 5.75 Å². The molecule has 4 atom stereocenters. The average Bonchev–Trinajstić information content (AvgIpc) is 3.11. The maximum absolute atomic E-state index is 13.0. The van der Waals surface area contributed by atoms with Crippen LogP contribution in [0.1, 0.15) is 23.2 Å². The quantitative estimate of drug-likeness (QED) is 0.181. The van der Waals surface area contributed by atoms with Crippen LogP contribution in [0, 0.1) is 22.0 Å². The van der Waals surface area contributed by atoms with Crippen LogP contribution in [0.3, 0.4) is 0 Å². The molecule has 4 rings (SSSR count). The van der Waals surface area contributed by atoms with Crippen LogP contribution in [-0.4, -0.2) is 53.1 Å². The Morgan fingerprint density at radius 1 is 1.08 bits per heavy atom. The Kier molecular flexibility index (Phi) is 7.65. The predicted octanol–water partition coefficient (Wildman–Crippen LogP) is 3.51. The molecule has 1 saturated heterocycles.